The summed E-state index contributed by atoms with van der Waals surface area (Å²) in [5.41, 5.74) is 0.151. The number of hydrogen-bond acceptors (Lipinski definition) is 4. The van der Waals surface area contributed by atoms with Gasteiger partial charge in [0.05, 0.1) is 6.20 Å². The van der Waals surface area contributed by atoms with Gasteiger partial charge in [0, 0.05) is 12.1 Å². The van der Waals surface area contributed by atoms with Crippen molar-refractivity contribution in [3.63, 3.8) is 0 Å². The first-order valence-electron chi connectivity index (χ1n) is 7.02. The topological polar surface area (TPSA) is 41.1 Å². The van der Waals surface area contributed by atoms with Crippen LogP contribution in [0, 0.1) is 5.92 Å². The van der Waals surface area contributed by atoms with Crippen LogP contribution >= 0.6 is 23.2 Å². The van der Waals surface area contributed by atoms with Crippen molar-refractivity contribution in [1.82, 2.24) is 14.9 Å². The maximum absolute atomic E-state index is 6.11. The summed E-state index contributed by atoms with van der Waals surface area (Å²) in [6.45, 7) is 3.14. The van der Waals surface area contributed by atoms with E-state index in [9.17, 15) is 0 Å². The van der Waals surface area contributed by atoms with Gasteiger partial charge in [-0.05, 0) is 44.5 Å². The second-order valence-corrected chi connectivity index (χ2v) is 6.75. The first kappa shape index (κ1) is 15.8. The normalized spacial score (nSPS) is 26.8. The minimum Gasteiger partial charge on any atom is -0.367 e. The molecule has 6 heteroatoms. The van der Waals surface area contributed by atoms with E-state index in [2.05, 4.69) is 41.2 Å². The molecular weight excluding hydrogens is 295 g/mol. The fourth-order valence-corrected chi connectivity index (χ4v) is 3.37. The van der Waals surface area contributed by atoms with Crippen LogP contribution in [0.4, 0.5) is 5.82 Å². The summed E-state index contributed by atoms with van der Waals surface area (Å²) in [4.78, 5) is 10.4. The van der Waals surface area contributed by atoms with Crippen LogP contribution in [0.15, 0.2) is 6.20 Å². The number of hydrogen-bond donors (Lipinski definition) is 1. The third-order valence-corrected chi connectivity index (χ3v) is 4.77. The zero-order valence-corrected chi connectivity index (χ0v) is 13.8. The minimum absolute atomic E-state index is 0.151. The number of rotatable bonds is 4. The highest BCUT2D eigenvalue weighted by atomic mass is 35.5. The number of halogens is 2. The molecule has 0 radical (unpaired) electrons. The molecule has 0 amide bonds. The Balaban J connectivity index is 2.11. The Morgan fingerprint density at radius 2 is 2.20 bits per heavy atom. The maximum atomic E-state index is 6.11. The lowest BCUT2D eigenvalue weighted by Gasteiger charge is -2.45. The van der Waals surface area contributed by atoms with E-state index in [1.807, 2.05) is 0 Å². The maximum Gasteiger partial charge on any atom is 0.224 e. The van der Waals surface area contributed by atoms with Gasteiger partial charge in [0.15, 0.2) is 0 Å². The summed E-state index contributed by atoms with van der Waals surface area (Å²) >= 11 is 11.9. The lowest BCUT2D eigenvalue weighted by Crippen LogP contribution is -2.52. The second kappa shape index (κ2) is 6.46. The first-order chi connectivity index (χ1) is 9.43. The van der Waals surface area contributed by atoms with E-state index in [1.54, 1.807) is 0 Å². The summed E-state index contributed by atoms with van der Waals surface area (Å²) in [5, 5.41) is 4.08. The largest absolute Gasteiger partial charge is 0.367 e. The van der Waals surface area contributed by atoms with E-state index in [1.165, 1.54) is 31.9 Å². The van der Waals surface area contributed by atoms with Crippen LogP contribution in [0.2, 0.25) is 10.3 Å². The number of nitrogens with zero attached hydrogens (tertiary/aromatic N) is 3. The second-order valence-electron chi connectivity index (χ2n) is 6.01. The molecule has 4 nitrogen and oxygen atoms in total. The molecule has 0 spiro atoms. The molecule has 1 fully saturated rings. The van der Waals surface area contributed by atoms with Crippen molar-refractivity contribution in [1.29, 1.82) is 0 Å². The molecule has 0 saturated heterocycles. The molecule has 0 aromatic carbocycles. The van der Waals surface area contributed by atoms with Gasteiger partial charge in [-0.15, -0.1) is 0 Å². The smallest absolute Gasteiger partial charge is 0.224 e. The Morgan fingerprint density at radius 1 is 1.45 bits per heavy atom. The predicted molar refractivity (Wildman–Crippen MR) is 84.6 cm³/mol. The summed E-state index contributed by atoms with van der Waals surface area (Å²) in [6.07, 6.45) is 6.48. The molecule has 0 aliphatic heterocycles. The van der Waals surface area contributed by atoms with Crippen molar-refractivity contribution >= 4 is 29.0 Å². The molecule has 1 aliphatic rings. The van der Waals surface area contributed by atoms with E-state index in [0.29, 0.717) is 10.8 Å². The molecule has 112 valence electrons. The van der Waals surface area contributed by atoms with Crippen LogP contribution in [-0.2, 0) is 0 Å². The molecule has 0 bridgehead atoms. The Bertz CT molecular complexity index is 466. The molecule has 1 aromatic rings. The van der Waals surface area contributed by atoms with Crippen LogP contribution in [0.3, 0.4) is 0 Å². The van der Waals surface area contributed by atoms with E-state index in [4.69, 9.17) is 23.2 Å². The molecule has 2 atom stereocenters. The minimum atomic E-state index is 0.151. The van der Waals surface area contributed by atoms with E-state index in [0.717, 1.165) is 12.5 Å². The Hall–Kier alpha value is -0.580. The Labute approximate surface area is 130 Å². The van der Waals surface area contributed by atoms with Crippen LogP contribution in [0.5, 0.6) is 0 Å². The van der Waals surface area contributed by atoms with Crippen LogP contribution in [-0.4, -0.2) is 41.0 Å². The van der Waals surface area contributed by atoms with Crippen molar-refractivity contribution in [3.8, 4) is 0 Å². The Kier molecular flexibility index (Phi) is 5.10. The third kappa shape index (κ3) is 3.54. The van der Waals surface area contributed by atoms with Gasteiger partial charge >= 0.3 is 0 Å². The van der Waals surface area contributed by atoms with Gasteiger partial charge in [-0.1, -0.05) is 31.4 Å². The molecular formula is C14H22Cl2N4. The van der Waals surface area contributed by atoms with Crippen LogP contribution in [0.25, 0.3) is 0 Å². The first-order valence-corrected chi connectivity index (χ1v) is 7.78. The average Bonchev–Trinajstić information content (AvgIpc) is 2.40. The molecule has 1 saturated carbocycles. The van der Waals surface area contributed by atoms with Crippen LogP contribution in [0.1, 0.15) is 32.6 Å². The van der Waals surface area contributed by atoms with E-state index >= 15 is 0 Å². The molecule has 2 rings (SSSR count). The highest BCUT2D eigenvalue weighted by Crippen LogP contribution is 2.36. The third-order valence-electron chi connectivity index (χ3n) is 4.32. The molecule has 1 N–H and O–H groups in total. The van der Waals surface area contributed by atoms with Gasteiger partial charge in [-0.3, -0.25) is 0 Å². The lowest BCUT2D eigenvalue weighted by atomic mass is 9.75. The average molecular weight is 317 g/mol. The summed E-state index contributed by atoms with van der Waals surface area (Å²) in [6, 6.07) is 0. The van der Waals surface area contributed by atoms with Crippen molar-refractivity contribution in [2.24, 2.45) is 5.92 Å². The number of aromatic nitrogens is 2. The van der Waals surface area contributed by atoms with Gasteiger partial charge in [-0.25, -0.2) is 4.98 Å². The number of nitrogens with one attached hydrogen (secondary N) is 1. The lowest BCUT2D eigenvalue weighted by molar-refractivity contribution is 0.0881. The molecule has 2 unspecified atom stereocenters. The van der Waals surface area contributed by atoms with Crippen molar-refractivity contribution in [3.05, 3.63) is 16.5 Å². The van der Waals surface area contributed by atoms with Gasteiger partial charge in [0.25, 0.3) is 0 Å². The van der Waals surface area contributed by atoms with Gasteiger partial charge in [0.2, 0.25) is 5.28 Å². The molecule has 1 heterocycles. The fourth-order valence-electron chi connectivity index (χ4n) is 3.08. The van der Waals surface area contributed by atoms with Crippen molar-refractivity contribution in [2.45, 2.75) is 38.1 Å². The highest BCUT2D eigenvalue weighted by molar-refractivity contribution is 6.33. The van der Waals surface area contributed by atoms with Gasteiger partial charge < -0.3 is 10.2 Å². The summed E-state index contributed by atoms with van der Waals surface area (Å²) < 4.78 is 0. The fraction of sp³-hybridized carbons (Fsp3) is 0.714. The highest BCUT2D eigenvalue weighted by Gasteiger charge is 2.36. The molecule has 1 aromatic heterocycles. The van der Waals surface area contributed by atoms with Gasteiger partial charge in [0.1, 0.15) is 10.8 Å². The SMILES string of the molecule is CC1CCCC(CNc2nc(Cl)ncc2Cl)(N(C)C)C1. The van der Waals surface area contributed by atoms with E-state index in [-0.39, 0.29) is 10.8 Å². The van der Waals surface area contributed by atoms with Crippen LogP contribution < -0.4 is 5.32 Å². The monoisotopic (exact) mass is 316 g/mol. The number of anilines is 1. The quantitative estimate of drug-likeness (QED) is 0.860. The molecule has 1 aliphatic carbocycles. The summed E-state index contributed by atoms with van der Waals surface area (Å²) in [5.74, 6) is 1.36. The van der Waals surface area contributed by atoms with Crippen molar-refractivity contribution in [2.75, 3.05) is 26.0 Å². The van der Waals surface area contributed by atoms with E-state index < -0.39 is 0 Å². The summed E-state index contributed by atoms with van der Waals surface area (Å²) in [7, 11) is 4.29. The standard InChI is InChI=1S/C14H22Cl2N4/c1-10-5-4-6-14(7-10,20(2)3)9-18-12-11(15)8-17-13(16)19-12/h8,10H,4-7,9H2,1-3H3,(H,17,18,19). The van der Waals surface area contributed by atoms with Gasteiger partial charge in [-0.2, -0.15) is 4.98 Å². The Morgan fingerprint density at radius 3 is 2.85 bits per heavy atom. The number of likely N-dealkylation sites (N-methyl/N-ethyl adjacent to an activating group) is 1. The predicted octanol–water partition coefficient (Wildman–Crippen LogP) is 3.71. The zero-order valence-electron chi connectivity index (χ0n) is 12.3. The van der Waals surface area contributed by atoms with Crippen molar-refractivity contribution < 1.29 is 0 Å². The molecule has 20 heavy (non-hydrogen) atoms. The zero-order chi connectivity index (χ0) is 14.8.